The zero-order valence-corrected chi connectivity index (χ0v) is 11.1. The summed E-state index contributed by atoms with van der Waals surface area (Å²) in [5.74, 6) is 0.463. The number of anilines is 1. The van der Waals surface area contributed by atoms with Gasteiger partial charge in [-0.1, -0.05) is 0 Å². The Morgan fingerprint density at radius 3 is 2.11 bits per heavy atom. The fraction of sp³-hybridized carbons (Fsp3) is 0.727. The van der Waals surface area contributed by atoms with Gasteiger partial charge in [0.15, 0.2) is 0 Å². The monoisotopic (exact) mass is 256 g/mol. The van der Waals surface area contributed by atoms with E-state index in [2.05, 4.69) is 20.3 Å². The van der Waals surface area contributed by atoms with Crippen LogP contribution in [0.5, 0.6) is 12.0 Å². The molecule has 7 heteroatoms. The van der Waals surface area contributed by atoms with E-state index in [9.17, 15) is 0 Å². The number of unbranched alkanes of at least 4 members (excludes halogenated alkanes) is 2. The molecule has 1 aromatic heterocycles. The molecule has 0 radical (unpaired) electrons. The Kier molecular flexibility index (Phi) is 6.78. The molecule has 1 rings (SSSR count). The predicted octanol–water partition coefficient (Wildman–Crippen LogP) is 1.12. The largest absolute Gasteiger partial charge is 0.467 e. The van der Waals surface area contributed by atoms with Gasteiger partial charge in [0.1, 0.15) is 0 Å². The molecule has 0 saturated carbocycles. The highest BCUT2D eigenvalue weighted by Gasteiger charge is 2.05. The summed E-state index contributed by atoms with van der Waals surface area (Å²) >= 11 is 0. The summed E-state index contributed by atoms with van der Waals surface area (Å²) in [6.45, 7) is 1.59. The quantitative estimate of drug-likeness (QED) is 0.663. The molecule has 0 atom stereocenters. The normalized spacial score (nSPS) is 10.2. The standard InChI is InChI=1S/C11H20N4O3/c1-16-8-6-4-5-7-12-9-13-10(17-2)15-11(14-9)18-3/h4-8H2,1-3H3,(H,12,13,14,15). The molecule has 0 aliphatic carbocycles. The Balaban J connectivity index is 2.36. The van der Waals surface area contributed by atoms with Crippen molar-refractivity contribution >= 4 is 5.95 Å². The summed E-state index contributed by atoms with van der Waals surface area (Å²) in [5.41, 5.74) is 0. The van der Waals surface area contributed by atoms with Crippen LogP contribution in [-0.4, -0.2) is 49.4 Å². The van der Waals surface area contributed by atoms with Crippen LogP contribution in [0.15, 0.2) is 0 Å². The van der Waals surface area contributed by atoms with Crippen molar-refractivity contribution < 1.29 is 14.2 Å². The maximum atomic E-state index is 4.98. The number of aromatic nitrogens is 3. The highest BCUT2D eigenvalue weighted by Crippen LogP contribution is 2.11. The van der Waals surface area contributed by atoms with E-state index >= 15 is 0 Å². The SMILES string of the molecule is COCCCCCNc1nc(OC)nc(OC)n1. The van der Waals surface area contributed by atoms with Crippen LogP contribution >= 0.6 is 0 Å². The van der Waals surface area contributed by atoms with Crippen LogP contribution in [0.4, 0.5) is 5.95 Å². The Morgan fingerprint density at radius 1 is 0.889 bits per heavy atom. The minimum atomic E-state index is 0.240. The summed E-state index contributed by atoms with van der Waals surface area (Å²) in [5, 5.41) is 3.11. The molecule has 7 nitrogen and oxygen atoms in total. The van der Waals surface area contributed by atoms with E-state index in [1.54, 1.807) is 7.11 Å². The van der Waals surface area contributed by atoms with E-state index in [-0.39, 0.29) is 12.0 Å². The Morgan fingerprint density at radius 2 is 1.56 bits per heavy atom. The molecule has 102 valence electrons. The second kappa shape index (κ2) is 8.46. The average molecular weight is 256 g/mol. The number of rotatable bonds is 9. The summed E-state index contributed by atoms with van der Waals surface area (Å²) in [6, 6.07) is 0.479. The third-order valence-corrected chi connectivity index (χ3v) is 2.27. The van der Waals surface area contributed by atoms with E-state index in [1.807, 2.05) is 0 Å². The molecular formula is C11H20N4O3. The molecule has 18 heavy (non-hydrogen) atoms. The van der Waals surface area contributed by atoms with Crippen LogP contribution in [-0.2, 0) is 4.74 Å². The zero-order chi connectivity index (χ0) is 13.2. The zero-order valence-electron chi connectivity index (χ0n) is 11.1. The lowest BCUT2D eigenvalue weighted by atomic mass is 10.2. The number of nitrogens with zero attached hydrogens (tertiary/aromatic N) is 3. The number of methoxy groups -OCH3 is 3. The highest BCUT2D eigenvalue weighted by molar-refractivity contribution is 5.27. The van der Waals surface area contributed by atoms with E-state index in [4.69, 9.17) is 14.2 Å². The third-order valence-electron chi connectivity index (χ3n) is 2.27. The predicted molar refractivity (Wildman–Crippen MR) is 67.1 cm³/mol. The van der Waals surface area contributed by atoms with E-state index in [0.29, 0.717) is 5.95 Å². The summed E-state index contributed by atoms with van der Waals surface area (Å²) in [6.07, 6.45) is 3.18. The Labute approximate surface area is 107 Å². The van der Waals surface area contributed by atoms with Gasteiger partial charge in [-0.3, -0.25) is 0 Å². The Bertz CT molecular complexity index is 327. The van der Waals surface area contributed by atoms with Gasteiger partial charge in [0.05, 0.1) is 14.2 Å². The highest BCUT2D eigenvalue weighted by atomic mass is 16.5. The molecule has 1 aromatic rings. The lowest BCUT2D eigenvalue weighted by molar-refractivity contribution is 0.192. The first-order valence-corrected chi connectivity index (χ1v) is 5.87. The molecule has 0 unspecified atom stereocenters. The van der Waals surface area contributed by atoms with Crippen molar-refractivity contribution in [1.82, 2.24) is 15.0 Å². The number of nitrogens with one attached hydrogen (secondary N) is 1. The Hall–Kier alpha value is -1.63. The molecule has 0 spiro atoms. The van der Waals surface area contributed by atoms with Gasteiger partial charge in [-0.2, -0.15) is 9.97 Å². The van der Waals surface area contributed by atoms with Crippen molar-refractivity contribution in [2.75, 3.05) is 39.8 Å². The van der Waals surface area contributed by atoms with Crippen molar-refractivity contribution in [3.05, 3.63) is 0 Å². The van der Waals surface area contributed by atoms with Gasteiger partial charge < -0.3 is 19.5 Å². The minimum Gasteiger partial charge on any atom is -0.467 e. The molecular weight excluding hydrogens is 236 g/mol. The van der Waals surface area contributed by atoms with Crippen molar-refractivity contribution in [2.24, 2.45) is 0 Å². The number of hydrogen-bond acceptors (Lipinski definition) is 7. The van der Waals surface area contributed by atoms with Crippen molar-refractivity contribution in [2.45, 2.75) is 19.3 Å². The first-order valence-electron chi connectivity index (χ1n) is 5.87. The molecule has 0 saturated heterocycles. The van der Waals surface area contributed by atoms with Crippen LogP contribution in [0.2, 0.25) is 0 Å². The van der Waals surface area contributed by atoms with Gasteiger partial charge in [-0.05, 0) is 19.3 Å². The summed E-state index contributed by atoms with van der Waals surface area (Å²) in [4.78, 5) is 12.1. The number of hydrogen-bond donors (Lipinski definition) is 1. The van der Waals surface area contributed by atoms with Gasteiger partial charge in [-0.25, -0.2) is 0 Å². The van der Waals surface area contributed by atoms with Crippen molar-refractivity contribution in [3.63, 3.8) is 0 Å². The van der Waals surface area contributed by atoms with Crippen molar-refractivity contribution in [1.29, 1.82) is 0 Å². The maximum Gasteiger partial charge on any atom is 0.324 e. The molecule has 0 bridgehead atoms. The van der Waals surface area contributed by atoms with Gasteiger partial charge in [-0.15, -0.1) is 4.98 Å². The van der Waals surface area contributed by atoms with Crippen LogP contribution in [0.1, 0.15) is 19.3 Å². The van der Waals surface area contributed by atoms with Crippen LogP contribution in [0.25, 0.3) is 0 Å². The van der Waals surface area contributed by atoms with E-state index in [1.165, 1.54) is 14.2 Å². The van der Waals surface area contributed by atoms with Gasteiger partial charge in [0.25, 0.3) is 0 Å². The average Bonchev–Trinajstić information content (AvgIpc) is 2.42. The lowest BCUT2D eigenvalue weighted by Gasteiger charge is -2.07. The van der Waals surface area contributed by atoms with Crippen molar-refractivity contribution in [3.8, 4) is 12.0 Å². The summed E-state index contributed by atoms with van der Waals surface area (Å²) < 4.78 is 14.9. The summed E-state index contributed by atoms with van der Waals surface area (Å²) in [7, 11) is 4.72. The molecule has 1 N–H and O–H groups in total. The smallest absolute Gasteiger partial charge is 0.324 e. The van der Waals surface area contributed by atoms with Crippen LogP contribution in [0.3, 0.4) is 0 Å². The third kappa shape index (κ3) is 5.13. The van der Waals surface area contributed by atoms with Gasteiger partial charge in [0, 0.05) is 20.3 Å². The fourth-order valence-corrected chi connectivity index (χ4v) is 1.35. The second-order valence-electron chi connectivity index (χ2n) is 3.61. The maximum absolute atomic E-state index is 4.98. The second-order valence-corrected chi connectivity index (χ2v) is 3.61. The molecule has 0 amide bonds. The van der Waals surface area contributed by atoms with Gasteiger partial charge >= 0.3 is 12.0 Å². The lowest BCUT2D eigenvalue weighted by Crippen LogP contribution is -2.08. The minimum absolute atomic E-state index is 0.240. The molecule has 0 aliphatic heterocycles. The molecule has 1 heterocycles. The van der Waals surface area contributed by atoms with Crippen LogP contribution < -0.4 is 14.8 Å². The fourth-order valence-electron chi connectivity index (χ4n) is 1.35. The van der Waals surface area contributed by atoms with E-state index in [0.717, 1.165) is 32.4 Å². The topological polar surface area (TPSA) is 78.4 Å². The van der Waals surface area contributed by atoms with Gasteiger partial charge in [0.2, 0.25) is 5.95 Å². The first-order chi connectivity index (χ1) is 8.80. The molecule has 0 aromatic carbocycles. The molecule has 0 aliphatic rings. The van der Waals surface area contributed by atoms with Crippen LogP contribution in [0, 0.1) is 0 Å². The van der Waals surface area contributed by atoms with E-state index < -0.39 is 0 Å². The number of ether oxygens (including phenoxy) is 3. The first kappa shape index (κ1) is 14.4. The molecule has 0 fully saturated rings.